The number of ether oxygens (including phenoxy) is 1. The zero-order valence-corrected chi connectivity index (χ0v) is 11.9. The fourth-order valence-corrected chi connectivity index (χ4v) is 2.02. The number of halogens is 1. The molecule has 0 aliphatic carbocycles. The molecule has 1 heterocycles. The monoisotopic (exact) mass is 293 g/mol. The molecule has 0 fully saturated rings. The van der Waals surface area contributed by atoms with Crippen molar-refractivity contribution in [3.05, 3.63) is 40.9 Å². The van der Waals surface area contributed by atoms with Crippen molar-refractivity contribution in [2.75, 3.05) is 0 Å². The summed E-state index contributed by atoms with van der Waals surface area (Å²) in [4.78, 5) is 4.16. The summed E-state index contributed by atoms with van der Waals surface area (Å²) in [6.07, 6.45) is 2.50. The molecule has 7 heteroatoms. The number of nitrogens with one attached hydrogen (secondary N) is 1. The van der Waals surface area contributed by atoms with Crippen LogP contribution in [0.4, 0.5) is 0 Å². The molecule has 0 saturated heterocycles. The molecule has 0 saturated carbocycles. The first-order valence-corrected chi connectivity index (χ1v) is 6.63. The molecule has 0 amide bonds. The standard InChI is InChI=1S/C13H16ClN5O/c1-2-5-19-12(17-8-18-19)7-20-9-3-4-10(13(15)16)11(14)6-9/h3-4,6,8H,2,5,7H2,1H3,(H3,15,16). The van der Waals surface area contributed by atoms with Crippen LogP contribution >= 0.6 is 11.6 Å². The van der Waals surface area contributed by atoms with E-state index in [9.17, 15) is 0 Å². The molecule has 0 radical (unpaired) electrons. The number of nitrogen functional groups attached to an aromatic ring is 1. The van der Waals surface area contributed by atoms with E-state index in [0.717, 1.165) is 18.8 Å². The van der Waals surface area contributed by atoms with Crippen molar-refractivity contribution >= 4 is 17.4 Å². The highest BCUT2D eigenvalue weighted by Gasteiger charge is 2.07. The highest BCUT2D eigenvalue weighted by Crippen LogP contribution is 2.22. The number of hydrogen-bond donors (Lipinski definition) is 2. The summed E-state index contributed by atoms with van der Waals surface area (Å²) < 4.78 is 7.44. The smallest absolute Gasteiger partial charge is 0.164 e. The topological polar surface area (TPSA) is 89.8 Å². The van der Waals surface area contributed by atoms with Gasteiger partial charge in [-0.1, -0.05) is 18.5 Å². The van der Waals surface area contributed by atoms with E-state index in [4.69, 9.17) is 27.5 Å². The number of rotatable bonds is 6. The molecular weight excluding hydrogens is 278 g/mol. The summed E-state index contributed by atoms with van der Waals surface area (Å²) in [6.45, 7) is 3.20. The number of nitrogens with zero attached hydrogens (tertiary/aromatic N) is 3. The number of nitrogens with two attached hydrogens (primary N) is 1. The molecule has 106 valence electrons. The fourth-order valence-electron chi connectivity index (χ4n) is 1.75. The molecule has 0 spiro atoms. The maximum atomic E-state index is 7.37. The highest BCUT2D eigenvalue weighted by molar-refractivity contribution is 6.34. The van der Waals surface area contributed by atoms with Gasteiger partial charge in [0.1, 0.15) is 24.5 Å². The predicted octanol–water partition coefficient (Wildman–Crippen LogP) is 2.20. The van der Waals surface area contributed by atoms with E-state index in [1.165, 1.54) is 6.33 Å². The van der Waals surface area contributed by atoms with E-state index in [1.807, 2.05) is 4.68 Å². The second kappa shape index (κ2) is 6.38. The quantitative estimate of drug-likeness (QED) is 0.631. The van der Waals surface area contributed by atoms with Gasteiger partial charge in [0.15, 0.2) is 5.82 Å². The molecule has 0 aliphatic rings. The third-order valence-corrected chi connectivity index (χ3v) is 3.04. The van der Waals surface area contributed by atoms with Gasteiger partial charge in [0, 0.05) is 12.1 Å². The number of aryl methyl sites for hydroxylation is 1. The van der Waals surface area contributed by atoms with Crippen LogP contribution in [0, 0.1) is 5.41 Å². The third kappa shape index (κ3) is 3.27. The predicted molar refractivity (Wildman–Crippen MR) is 77.1 cm³/mol. The van der Waals surface area contributed by atoms with Crippen LogP contribution in [-0.4, -0.2) is 20.6 Å². The zero-order chi connectivity index (χ0) is 14.5. The number of benzene rings is 1. The highest BCUT2D eigenvalue weighted by atomic mass is 35.5. The molecule has 3 N–H and O–H groups in total. The lowest BCUT2D eigenvalue weighted by atomic mass is 10.2. The second-order valence-corrected chi connectivity index (χ2v) is 4.65. The van der Waals surface area contributed by atoms with Crippen LogP contribution in [0.5, 0.6) is 5.75 Å². The van der Waals surface area contributed by atoms with E-state index in [2.05, 4.69) is 17.0 Å². The second-order valence-electron chi connectivity index (χ2n) is 4.24. The van der Waals surface area contributed by atoms with Crippen LogP contribution < -0.4 is 10.5 Å². The van der Waals surface area contributed by atoms with Crippen LogP contribution in [-0.2, 0) is 13.2 Å². The number of hydrogen-bond acceptors (Lipinski definition) is 4. The maximum Gasteiger partial charge on any atom is 0.164 e. The fraction of sp³-hybridized carbons (Fsp3) is 0.308. The Labute approximate surface area is 122 Å². The Kier molecular flexibility index (Phi) is 4.57. The van der Waals surface area contributed by atoms with Crippen LogP contribution in [0.25, 0.3) is 0 Å². The van der Waals surface area contributed by atoms with Gasteiger partial charge in [-0.05, 0) is 24.6 Å². The van der Waals surface area contributed by atoms with E-state index in [1.54, 1.807) is 18.2 Å². The summed E-state index contributed by atoms with van der Waals surface area (Å²) in [5.41, 5.74) is 5.90. The first-order chi connectivity index (χ1) is 9.61. The van der Waals surface area contributed by atoms with E-state index in [-0.39, 0.29) is 5.84 Å². The molecule has 20 heavy (non-hydrogen) atoms. The minimum absolute atomic E-state index is 0.0655. The van der Waals surface area contributed by atoms with Crippen molar-refractivity contribution in [3.8, 4) is 5.75 Å². The first kappa shape index (κ1) is 14.3. The third-order valence-electron chi connectivity index (χ3n) is 2.73. The van der Waals surface area contributed by atoms with Crippen molar-refractivity contribution in [2.45, 2.75) is 26.5 Å². The lowest BCUT2D eigenvalue weighted by Gasteiger charge is -2.09. The van der Waals surface area contributed by atoms with Gasteiger partial charge in [-0.15, -0.1) is 0 Å². The van der Waals surface area contributed by atoms with Crippen LogP contribution in [0.3, 0.4) is 0 Å². The lowest BCUT2D eigenvalue weighted by molar-refractivity contribution is 0.286. The molecule has 0 bridgehead atoms. The molecule has 0 atom stereocenters. The van der Waals surface area contributed by atoms with Gasteiger partial charge in [-0.3, -0.25) is 5.41 Å². The Morgan fingerprint density at radius 2 is 2.30 bits per heavy atom. The summed E-state index contributed by atoms with van der Waals surface area (Å²) in [5, 5.41) is 11.9. The summed E-state index contributed by atoms with van der Waals surface area (Å²) >= 11 is 6.03. The molecule has 2 rings (SSSR count). The van der Waals surface area contributed by atoms with Gasteiger partial charge < -0.3 is 10.5 Å². The van der Waals surface area contributed by atoms with Gasteiger partial charge in [0.05, 0.1) is 5.02 Å². The zero-order valence-electron chi connectivity index (χ0n) is 11.1. The Bertz CT molecular complexity index is 611. The molecule has 2 aromatic rings. The van der Waals surface area contributed by atoms with Gasteiger partial charge in [0.25, 0.3) is 0 Å². The number of amidine groups is 1. The Hall–Kier alpha value is -2.08. The maximum absolute atomic E-state index is 7.37. The van der Waals surface area contributed by atoms with E-state index < -0.39 is 0 Å². The average molecular weight is 294 g/mol. The van der Waals surface area contributed by atoms with Crippen molar-refractivity contribution in [3.63, 3.8) is 0 Å². The van der Waals surface area contributed by atoms with Crippen LogP contribution in [0.1, 0.15) is 24.7 Å². The van der Waals surface area contributed by atoms with Crippen molar-refractivity contribution < 1.29 is 4.74 Å². The van der Waals surface area contributed by atoms with Crippen LogP contribution in [0.2, 0.25) is 5.02 Å². The van der Waals surface area contributed by atoms with Gasteiger partial charge in [0.2, 0.25) is 0 Å². The van der Waals surface area contributed by atoms with Gasteiger partial charge in [-0.2, -0.15) is 5.10 Å². The molecule has 1 aromatic carbocycles. The minimum atomic E-state index is -0.0655. The Morgan fingerprint density at radius 1 is 1.50 bits per heavy atom. The molecule has 0 unspecified atom stereocenters. The summed E-state index contributed by atoms with van der Waals surface area (Å²) in [7, 11) is 0. The Morgan fingerprint density at radius 3 is 2.95 bits per heavy atom. The number of aromatic nitrogens is 3. The SMILES string of the molecule is CCCn1ncnc1COc1ccc(C(=N)N)c(Cl)c1. The lowest BCUT2D eigenvalue weighted by Crippen LogP contribution is -2.12. The largest absolute Gasteiger partial charge is 0.486 e. The average Bonchev–Trinajstić information content (AvgIpc) is 2.84. The van der Waals surface area contributed by atoms with Crippen LogP contribution in [0.15, 0.2) is 24.5 Å². The van der Waals surface area contributed by atoms with Crippen molar-refractivity contribution in [1.29, 1.82) is 5.41 Å². The molecule has 1 aromatic heterocycles. The Balaban J connectivity index is 2.05. The summed E-state index contributed by atoms with van der Waals surface area (Å²) in [5.74, 6) is 1.30. The molecular formula is C13H16ClN5O. The van der Waals surface area contributed by atoms with Crippen molar-refractivity contribution in [1.82, 2.24) is 14.8 Å². The van der Waals surface area contributed by atoms with Gasteiger partial charge in [-0.25, -0.2) is 9.67 Å². The molecule has 0 aliphatic heterocycles. The summed E-state index contributed by atoms with van der Waals surface area (Å²) in [6, 6.07) is 5.03. The van der Waals surface area contributed by atoms with Gasteiger partial charge >= 0.3 is 0 Å². The van der Waals surface area contributed by atoms with Crippen molar-refractivity contribution in [2.24, 2.45) is 5.73 Å². The molecule has 6 nitrogen and oxygen atoms in total. The van der Waals surface area contributed by atoms with E-state index in [0.29, 0.717) is 22.9 Å². The normalized spacial score (nSPS) is 10.5. The van der Waals surface area contributed by atoms with E-state index >= 15 is 0 Å². The first-order valence-electron chi connectivity index (χ1n) is 6.25. The minimum Gasteiger partial charge on any atom is -0.486 e.